The SMILES string of the molecule is CCC(CC)C(=O)Nc1ccc(N2CCCCC2CC)nc1. The zero-order chi connectivity index (χ0) is 15.9. The van der Waals surface area contributed by atoms with Crippen molar-refractivity contribution in [3.8, 4) is 0 Å². The molecular formula is C18H29N3O. The molecule has 122 valence electrons. The van der Waals surface area contributed by atoms with Crippen LogP contribution in [0.5, 0.6) is 0 Å². The van der Waals surface area contributed by atoms with Gasteiger partial charge in [0.15, 0.2) is 0 Å². The summed E-state index contributed by atoms with van der Waals surface area (Å²) < 4.78 is 0. The van der Waals surface area contributed by atoms with Gasteiger partial charge in [-0.2, -0.15) is 0 Å². The molecule has 1 saturated heterocycles. The summed E-state index contributed by atoms with van der Waals surface area (Å²) in [6, 6.07) is 4.62. The van der Waals surface area contributed by atoms with Crippen LogP contribution in [-0.2, 0) is 4.79 Å². The maximum absolute atomic E-state index is 12.1. The number of amides is 1. The maximum atomic E-state index is 12.1. The first-order chi connectivity index (χ1) is 10.7. The van der Waals surface area contributed by atoms with Gasteiger partial charge >= 0.3 is 0 Å². The van der Waals surface area contributed by atoms with Gasteiger partial charge in [-0.1, -0.05) is 20.8 Å². The smallest absolute Gasteiger partial charge is 0.227 e. The highest BCUT2D eigenvalue weighted by Crippen LogP contribution is 2.25. The molecule has 2 rings (SSSR count). The quantitative estimate of drug-likeness (QED) is 0.855. The fourth-order valence-electron chi connectivity index (χ4n) is 3.26. The van der Waals surface area contributed by atoms with Gasteiger partial charge in [-0.25, -0.2) is 4.98 Å². The summed E-state index contributed by atoms with van der Waals surface area (Å²) in [7, 11) is 0. The summed E-state index contributed by atoms with van der Waals surface area (Å²) in [4.78, 5) is 19.1. The van der Waals surface area contributed by atoms with E-state index in [-0.39, 0.29) is 11.8 Å². The minimum absolute atomic E-state index is 0.0891. The van der Waals surface area contributed by atoms with Crippen LogP contribution < -0.4 is 10.2 Å². The molecule has 1 aliphatic heterocycles. The van der Waals surface area contributed by atoms with Gasteiger partial charge in [-0.3, -0.25) is 4.79 Å². The average Bonchev–Trinajstić information content (AvgIpc) is 2.56. The Balaban J connectivity index is 2.02. The molecule has 1 fully saturated rings. The first kappa shape index (κ1) is 16.8. The van der Waals surface area contributed by atoms with Gasteiger partial charge in [-0.05, 0) is 50.7 Å². The molecular weight excluding hydrogens is 274 g/mol. The van der Waals surface area contributed by atoms with E-state index in [1.165, 1.54) is 19.3 Å². The first-order valence-corrected chi connectivity index (χ1v) is 8.73. The lowest BCUT2D eigenvalue weighted by atomic mass is 10.00. The topological polar surface area (TPSA) is 45.2 Å². The molecule has 1 aliphatic rings. The molecule has 0 aromatic carbocycles. The van der Waals surface area contributed by atoms with Gasteiger partial charge in [0.05, 0.1) is 11.9 Å². The Hall–Kier alpha value is -1.58. The van der Waals surface area contributed by atoms with Crippen molar-refractivity contribution < 1.29 is 4.79 Å². The Morgan fingerprint density at radius 1 is 1.32 bits per heavy atom. The monoisotopic (exact) mass is 303 g/mol. The van der Waals surface area contributed by atoms with E-state index in [1.807, 2.05) is 12.1 Å². The summed E-state index contributed by atoms with van der Waals surface area (Å²) in [6.45, 7) is 7.44. The Kier molecular flexibility index (Phi) is 6.22. The number of hydrogen-bond acceptors (Lipinski definition) is 3. The second kappa shape index (κ2) is 8.16. The normalized spacial score (nSPS) is 18.5. The maximum Gasteiger partial charge on any atom is 0.227 e. The molecule has 1 aromatic heterocycles. The van der Waals surface area contributed by atoms with E-state index in [0.29, 0.717) is 6.04 Å². The van der Waals surface area contributed by atoms with E-state index < -0.39 is 0 Å². The van der Waals surface area contributed by atoms with Crippen LogP contribution >= 0.6 is 0 Å². The minimum atomic E-state index is 0.0891. The van der Waals surface area contributed by atoms with E-state index in [0.717, 1.165) is 37.3 Å². The predicted octanol–water partition coefficient (Wildman–Crippen LogP) is 4.23. The zero-order valence-corrected chi connectivity index (χ0v) is 14.1. The minimum Gasteiger partial charge on any atom is -0.354 e. The Labute approximate surface area is 134 Å². The van der Waals surface area contributed by atoms with E-state index >= 15 is 0 Å². The third kappa shape index (κ3) is 3.99. The molecule has 0 aliphatic carbocycles. The van der Waals surface area contributed by atoms with Crippen LogP contribution in [0.2, 0.25) is 0 Å². The van der Waals surface area contributed by atoms with Crippen molar-refractivity contribution in [2.75, 3.05) is 16.8 Å². The summed E-state index contributed by atoms with van der Waals surface area (Å²) in [5.74, 6) is 1.22. The molecule has 2 heterocycles. The Morgan fingerprint density at radius 3 is 2.68 bits per heavy atom. The van der Waals surface area contributed by atoms with Gasteiger partial charge in [0.2, 0.25) is 5.91 Å². The van der Waals surface area contributed by atoms with Crippen molar-refractivity contribution in [2.45, 2.75) is 65.3 Å². The number of rotatable bonds is 6. The lowest BCUT2D eigenvalue weighted by Gasteiger charge is -2.36. The van der Waals surface area contributed by atoms with E-state index in [1.54, 1.807) is 6.20 Å². The predicted molar refractivity (Wildman–Crippen MR) is 92.2 cm³/mol. The van der Waals surface area contributed by atoms with Crippen molar-refractivity contribution >= 4 is 17.4 Å². The van der Waals surface area contributed by atoms with Gasteiger partial charge in [0, 0.05) is 18.5 Å². The van der Waals surface area contributed by atoms with E-state index in [2.05, 4.69) is 36.0 Å². The number of nitrogens with one attached hydrogen (secondary N) is 1. The van der Waals surface area contributed by atoms with E-state index in [4.69, 9.17) is 0 Å². The third-order valence-electron chi connectivity index (χ3n) is 4.76. The molecule has 0 saturated carbocycles. The van der Waals surface area contributed by atoms with Crippen molar-refractivity contribution in [3.63, 3.8) is 0 Å². The van der Waals surface area contributed by atoms with Crippen LogP contribution in [0.25, 0.3) is 0 Å². The number of aromatic nitrogens is 1. The van der Waals surface area contributed by atoms with Crippen LogP contribution in [-0.4, -0.2) is 23.5 Å². The summed E-state index contributed by atoms with van der Waals surface area (Å²) in [6.07, 6.45) is 8.51. The van der Waals surface area contributed by atoms with Crippen LogP contribution in [0.1, 0.15) is 59.3 Å². The highest BCUT2D eigenvalue weighted by molar-refractivity contribution is 5.92. The van der Waals surface area contributed by atoms with E-state index in [9.17, 15) is 4.79 Å². The highest BCUT2D eigenvalue weighted by atomic mass is 16.1. The Bertz CT molecular complexity index is 468. The Morgan fingerprint density at radius 2 is 2.09 bits per heavy atom. The molecule has 1 atom stereocenters. The molecule has 0 bridgehead atoms. The van der Waals surface area contributed by atoms with Gasteiger partial charge < -0.3 is 10.2 Å². The molecule has 1 unspecified atom stereocenters. The second-order valence-corrected chi connectivity index (χ2v) is 6.16. The third-order valence-corrected chi connectivity index (χ3v) is 4.76. The lowest BCUT2D eigenvalue weighted by Crippen LogP contribution is -2.39. The van der Waals surface area contributed by atoms with Gasteiger partial charge in [-0.15, -0.1) is 0 Å². The van der Waals surface area contributed by atoms with Gasteiger partial charge in [0.1, 0.15) is 5.82 Å². The molecule has 0 radical (unpaired) electrons. The number of piperidine rings is 1. The number of nitrogens with zero attached hydrogens (tertiary/aromatic N) is 2. The molecule has 1 aromatic rings. The van der Waals surface area contributed by atoms with Crippen LogP contribution in [0, 0.1) is 5.92 Å². The lowest BCUT2D eigenvalue weighted by molar-refractivity contribution is -0.120. The van der Waals surface area contributed by atoms with Crippen LogP contribution in [0.3, 0.4) is 0 Å². The first-order valence-electron chi connectivity index (χ1n) is 8.73. The second-order valence-electron chi connectivity index (χ2n) is 6.16. The number of carbonyl (C=O) groups excluding carboxylic acids is 1. The highest BCUT2D eigenvalue weighted by Gasteiger charge is 2.22. The number of pyridine rings is 1. The number of carbonyl (C=O) groups is 1. The number of hydrogen-bond donors (Lipinski definition) is 1. The zero-order valence-electron chi connectivity index (χ0n) is 14.1. The fourth-order valence-corrected chi connectivity index (χ4v) is 3.26. The molecule has 0 spiro atoms. The average molecular weight is 303 g/mol. The standard InChI is InChI=1S/C18H29N3O/c1-4-14(5-2)18(22)20-15-10-11-17(19-13-15)21-12-8-7-9-16(21)6-3/h10-11,13-14,16H,4-9,12H2,1-3H3,(H,20,22). The summed E-state index contributed by atoms with van der Waals surface area (Å²) >= 11 is 0. The molecule has 1 N–H and O–H groups in total. The number of anilines is 2. The fraction of sp³-hybridized carbons (Fsp3) is 0.667. The summed E-state index contributed by atoms with van der Waals surface area (Å²) in [5.41, 5.74) is 0.797. The van der Waals surface area contributed by atoms with Crippen molar-refractivity contribution in [3.05, 3.63) is 18.3 Å². The van der Waals surface area contributed by atoms with Crippen molar-refractivity contribution in [2.24, 2.45) is 5.92 Å². The molecule has 22 heavy (non-hydrogen) atoms. The van der Waals surface area contributed by atoms with Gasteiger partial charge in [0.25, 0.3) is 0 Å². The molecule has 4 heteroatoms. The van der Waals surface area contributed by atoms with Crippen LogP contribution in [0.15, 0.2) is 18.3 Å². The largest absolute Gasteiger partial charge is 0.354 e. The van der Waals surface area contributed by atoms with Crippen molar-refractivity contribution in [1.29, 1.82) is 0 Å². The summed E-state index contributed by atoms with van der Waals surface area (Å²) in [5, 5.41) is 2.98. The van der Waals surface area contributed by atoms with Crippen LogP contribution in [0.4, 0.5) is 11.5 Å². The molecule has 4 nitrogen and oxygen atoms in total. The van der Waals surface area contributed by atoms with Crippen molar-refractivity contribution in [1.82, 2.24) is 4.98 Å². The molecule has 1 amide bonds.